The molecule has 0 aliphatic carbocycles. The van der Waals surface area contributed by atoms with Crippen molar-refractivity contribution in [2.75, 3.05) is 21.3 Å². The Hall–Kier alpha value is -4.52. The maximum absolute atomic E-state index is 6.11. The number of para-hydroxylation sites is 2. The highest BCUT2D eigenvalue weighted by Gasteiger charge is 2.16. The summed E-state index contributed by atoms with van der Waals surface area (Å²) in [6, 6.07) is 23.4. The first-order valence-corrected chi connectivity index (χ1v) is 10.7. The third kappa shape index (κ3) is 3.99. The second kappa shape index (κ2) is 9.15. The first-order chi connectivity index (χ1) is 16.7. The SMILES string of the molecule is COc1cc(N=Cc2cn(-c3ccccc3)nc2-c2cc3ccccc3o2)cc(OC)c1OC. The number of hydrogen-bond acceptors (Lipinski definition) is 6. The van der Waals surface area contributed by atoms with Crippen LogP contribution in [0.2, 0.25) is 0 Å². The smallest absolute Gasteiger partial charge is 0.203 e. The molecule has 0 amide bonds. The van der Waals surface area contributed by atoms with E-state index in [1.54, 1.807) is 39.7 Å². The summed E-state index contributed by atoms with van der Waals surface area (Å²) < 4.78 is 24.2. The van der Waals surface area contributed by atoms with Crippen molar-refractivity contribution in [2.24, 2.45) is 4.99 Å². The lowest BCUT2D eigenvalue weighted by Crippen LogP contribution is -1.94. The molecule has 0 N–H and O–H groups in total. The normalized spacial score (nSPS) is 11.3. The van der Waals surface area contributed by atoms with Crippen LogP contribution in [0.4, 0.5) is 5.69 Å². The highest BCUT2D eigenvalue weighted by molar-refractivity contribution is 5.92. The maximum Gasteiger partial charge on any atom is 0.203 e. The van der Waals surface area contributed by atoms with Gasteiger partial charge in [-0.3, -0.25) is 4.99 Å². The lowest BCUT2D eigenvalue weighted by Gasteiger charge is -2.12. The maximum atomic E-state index is 6.11. The van der Waals surface area contributed by atoms with E-state index in [0.29, 0.717) is 34.4 Å². The van der Waals surface area contributed by atoms with Crippen LogP contribution >= 0.6 is 0 Å². The predicted molar refractivity (Wildman–Crippen MR) is 132 cm³/mol. The monoisotopic (exact) mass is 453 g/mol. The highest BCUT2D eigenvalue weighted by atomic mass is 16.5. The van der Waals surface area contributed by atoms with E-state index in [0.717, 1.165) is 22.2 Å². The second-order valence-corrected chi connectivity index (χ2v) is 7.50. The average molecular weight is 453 g/mol. The number of aliphatic imine (C=N–C) groups is 1. The molecule has 5 aromatic rings. The fraction of sp³-hybridized carbons (Fsp3) is 0.111. The van der Waals surface area contributed by atoms with Crippen LogP contribution in [-0.2, 0) is 0 Å². The Morgan fingerprint density at radius 2 is 1.56 bits per heavy atom. The number of ether oxygens (including phenoxy) is 3. The molecule has 2 heterocycles. The van der Waals surface area contributed by atoms with Crippen molar-refractivity contribution in [3.63, 3.8) is 0 Å². The quantitative estimate of drug-likeness (QED) is 0.280. The average Bonchev–Trinajstić information content (AvgIpc) is 3.51. The van der Waals surface area contributed by atoms with E-state index in [4.69, 9.17) is 23.7 Å². The van der Waals surface area contributed by atoms with Crippen LogP contribution in [0.1, 0.15) is 5.56 Å². The van der Waals surface area contributed by atoms with Crippen LogP contribution in [-0.4, -0.2) is 37.3 Å². The van der Waals surface area contributed by atoms with Crippen molar-refractivity contribution in [1.82, 2.24) is 9.78 Å². The lowest BCUT2D eigenvalue weighted by molar-refractivity contribution is 0.324. The van der Waals surface area contributed by atoms with Crippen molar-refractivity contribution >= 4 is 22.9 Å². The molecule has 0 fully saturated rings. The van der Waals surface area contributed by atoms with Crippen LogP contribution in [0.25, 0.3) is 28.1 Å². The second-order valence-electron chi connectivity index (χ2n) is 7.50. The molecule has 0 aliphatic rings. The fourth-order valence-corrected chi connectivity index (χ4v) is 3.77. The van der Waals surface area contributed by atoms with Gasteiger partial charge >= 0.3 is 0 Å². The third-order valence-electron chi connectivity index (χ3n) is 5.42. The fourth-order valence-electron chi connectivity index (χ4n) is 3.77. The van der Waals surface area contributed by atoms with Crippen molar-refractivity contribution in [3.8, 4) is 34.4 Å². The van der Waals surface area contributed by atoms with Crippen LogP contribution in [0.15, 0.2) is 88.4 Å². The van der Waals surface area contributed by atoms with Gasteiger partial charge < -0.3 is 18.6 Å². The zero-order valence-corrected chi connectivity index (χ0v) is 19.1. The molecule has 2 aromatic heterocycles. The number of furan rings is 1. The molecule has 5 rings (SSSR count). The molecule has 0 radical (unpaired) electrons. The lowest BCUT2D eigenvalue weighted by atomic mass is 10.2. The van der Waals surface area contributed by atoms with Gasteiger partial charge in [-0.2, -0.15) is 5.10 Å². The number of hydrogen-bond donors (Lipinski definition) is 0. The molecule has 0 aliphatic heterocycles. The molecule has 170 valence electrons. The molecule has 0 bridgehead atoms. The molecule has 0 atom stereocenters. The van der Waals surface area contributed by atoms with Gasteiger partial charge in [-0.1, -0.05) is 36.4 Å². The van der Waals surface area contributed by atoms with Gasteiger partial charge in [0.15, 0.2) is 17.3 Å². The largest absolute Gasteiger partial charge is 0.493 e. The van der Waals surface area contributed by atoms with Crippen LogP contribution in [0.5, 0.6) is 17.2 Å². The Kier molecular flexibility index (Phi) is 5.74. The molecule has 0 spiro atoms. The first-order valence-electron chi connectivity index (χ1n) is 10.7. The minimum atomic E-state index is 0.517. The molecular weight excluding hydrogens is 430 g/mol. The molecule has 34 heavy (non-hydrogen) atoms. The van der Waals surface area contributed by atoms with Crippen LogP contribution < -0.4 is 14.2 Å². The Balaban J connectivity index is 1.60. The predicted octanol–water partition coefficient (Wildman–Crippen LogP) is 6.06. The Labute approximate surface area is 196 Å². The molecule has 0 saturated carbocycles. The van der Waals surface area contributed by atoms with Gasteiger partial charge in [0.1, 0.15) is 11.3 Å². The molecule has 7 nitrogen and oxygen atoms in total. The van der Waals surface area contributed by atoms with Crippen molar-refractivity contribution in [3.05, 3.63) is 84.6 Å². The topological polar surface area (TPSA) is 71.0 Å². The van der Waals surface area contributed by atoms with Gasteiger partial charge in [-0.25, -0.2) is 4.68 Å². The number of methoxy groups -OCH3 is 3. The number of fused-ring (bicyclic) bond motifs is 1. The zero-order valence-electron chi connectivity index (χ0n) is 19.1. The number of nitrogens with zero attached hydrogens (tertiary/aromatic N) is 3. The minimum Gasteiger partial charge on any atom is -0.493 e. The number of aromatic nitrogens is 2. The van der Waals surface area contributed by atoms with Crippen LogP contribution in [0, 0.1) is 0 Å². The van der Waals surface area contributed by atoms with Gasteiger partial charge in [0.25, 0.3) is 0 Å². The van der Waals surface area contributed by atoms with E-state index in [9.17, 15) is 0 Å². The molecule has 0 saturated heterocycles. The summed E-state index contributed by atoms with van der Waals surface area (Å²) in [4.78, 5) is 4.68. The van der Waals surface area contributed by atoms with Crippen LogP contribution in [0.3, 0.4) is 0 Å². The van der Waals surface area contributed by atoms with Gasteiger partial charge in [0.2, 0.25) is 5.75 Å². The highest BCUT2D eigenvalue weighted by Crippen LogP contribution is 2.41. The van der Waals surface area contributed by atoms with Crippen molar-refractivity contribution in [1.29, 1.82) is 0 Å². The van der Waals surface area contributed by atoms with E-state index >= 15 is 0 Å². The van der Waals surface area contributed by atoms with E-state index in [2.05, 4.69) is 4.99 Å². The number of rotatable bonds is 7. The van der Waals surface area contributed by atoms with Gasteiger partial charge in [0, 0.05) is 35.5 Å². The summed E-state index contributed by atoms with van der Waals surface area (Å²) in [6.07, 6.45) is 3.69. The minimum absolute atomic E-state index is 0.517. The summed E-state index contributed by atoms with van der Waals surface area (Å²) in [5.74, 6) is 2.25. The summed E-state index contributed by atoms with van der Waals surface area (Å²) in [7, 11) is 4.73. The summed E-state index contributed by atoms with van der Waals surface area (Å²) in [6.45, 7) is 0. The van der Waals surface area contributed by atoms with E-state index in [1.807, 2.05) is 71.5 Å². The molecule has 7 heteroatoms. The van der Waals surface area contributed by atoms with E-state index in [1.165, 1.54) is 0 Å². The zero-order chi connectivity index (χ0) is 23.5. The van der Waals surface area contributed by atoms with E-state index in [-0.39, 0.29) is 0 Å². The van der Waals surface area contributed by atoms with Crippen molar-refractivity contribution in [2.45, 2.75) is 0 Å². The first kappa shape index (κ1) is 21.3. The molecular formula is C27H23N3O4. The van der Waals surface area contributed by atoms with E-state index < -0.39 is 0 Å². The molecule has 0 unspecified atom stereocenters. The summed E-state index contributed by atoms with van der Waals surface area (Å²) in [5, 5.41) is 5.83. The van der Waals surface area contributed by atoms with Gasteiger partial charge in [-0.05, 0) is 24.3 Å². The third-order valence-corrected chi connectivity index (χ3v) is 5.42. The standard InChI is InChI=1S/C27H23N3O4/c1-31-24-14-20(15-25(32-2)27(24)33-3)28-16-19-17-30(21-10-5-4-6-11-21)29-26(19)23-13-18-9-7-8-12-22(18)34-23/h4-17H,1-3H3. The Morgan fingerprint density at radius 1 is 0.853 bits per heavy atom. The number of benzene rings is 3. The Bertz CT molecular complexity index is 1410. The van der Waals surface area contributed by atoms with Gasteiger partial charge in [-0.15, -0.1) is 0 Å². The summed E-state index contributed by atoms with van der Waals surface area (Å²) >= 11 is 0. The van der Waals surface area contributed by atoms with Gasteiger partial charge in [0.05, 0.1) is 32.7 Å². The Morgan fingerprint density at radius 3 is 2.24 bits per heavy atom. The molecule has 3 aromatic carbocycles. The van der Waals surface area contributed by atoms with Crippen molar-refractivity contribution < 1.29 is 18.6 Å². The summed E-state index contributed by atoms with van der Waals surface area (Å²) in [5.41, 5.74) is 3.89.